The molecular formula is C11H12N2O2. The predicted molar refractivity (Wildman–Crippen MR) is 57.9 cm³/mol. The number of nitrogens with zero attached hydrogens (tertiary/aromatic N) is 2. The highest BCUT2D eigenvalue weighted by Crippen LogP contribution is 2.16. The molecule has 0 atom stereocenters. The summed E-state index contributed by atoms with van der Waals surface area (Å²) in [6.07, 6.45) is 6.76. The molecule has 4 nitrogen and oxygen atoms in total. The molecule has 0 amide bonds. The molecule has 78 valence electrons. The largest absolute Gasteiger partial charge is 0.478 e. The summed E-state index contributed by atoms with van der Waals surface area (Å²) in [5.41, 5.74) is 0.176. The standard InChI is InChI=1S/C11H12N2O2/c1-3-8-13(4-2)10-9(11(14)15)6-5-7-12-10/h1,5-7H,4,8H2,2H3,(H,14,15). The van der Waals surface area contributed by atoms with Crippen molar-refractivity contribution in [3.05, 3.63) is 23.9 Å². The molecule has 0 saturated heterocycles. The zero-order chi connectivity index (χ0) is 11.3. The molecule has 0 unspecified atom stereocenters. The minimum Gasteiger partial charge on any atom is -0.478 e. The van der Waals surface area contributed by atoms with E-state index in [4.69, 9.17) is 11.5 Å². The Hall–Kier alpha value is -2.02. The van der Waals surface area contributed by atoms with Crippen molar-refractivity contribution in [2.75, 3.05) is 18.0 Å². The van der Waals surface area contributed by atoms with Crippen LogP contribution in [0.25, 0.3) is 0 Å². The van der Waals surface area contributed by atoms with Gasteiger partial charge in [0.25, 0.3) is 0 Å². The number of aromatic carboxylic acids is 1. The van der Waals surface area contributed by atoms with Crippen molar-refractivity contribution in [2.24, 2.45) is 0 Å². The molecule has 0 spiro atoms. The Kier molecular flexibility index (Phi) is 3.69. The van der Waals surface area contributed by atoms with E-state index in [2.05, 4.69) is 10.9 Å². The highest BCUT2D eigenvalue weighted by atomic mass is 16.4. The second-order valence-electron chi connectivity index (χ2n) is 2.90. The van der Waals surface area contributed by atoms with Gasteiger partial charge in [0.2, 0.25) is 0 Å². The molecular weight excluding hydrogens is 192 g/mol. The minimum atomic E-state index is -0.992. The first-order valence-corrected chi connectivity index (χ1v) is 4.57. The number of carboxylic acid groups (broad SMARTS) is 1. The quantitative estimate of drug-likeness (QED) is 0.750. The minimum absolute atomic E-state index is 0.176. The molecule has 1 aromatic rings. The van der Waals surface area contributed by atoms with Crippen LogP contribution in [-0.4, -0.2) is 29.1 Å². The van der Waals surface area contributed by atoms with Crippen LogP contribution in [0.3, 0.4) is 0 Å². The topological polar surface area (TPSA) is 53.4 Å². The molecule has 0 bridgehead atoms. The van der Waals surface area contributed by atoms with Crippen molar-refractivity contribution in [3.63, 3.8) is 0 Å². The maximum atomic E-state index is 10.9. The molecule has 0 radical (unpaired) electrons. The third-order valence-electron chi connectivity index (χ3n) is 1.98. The first-order valence-electron chi connectivity index (χ1n) is 4.57. The van der Waals surface area contributed by atoms with Gasteiger partial charge in [-0.25, -0.2) is 9.78 Å². The first kappa shape index (κ1) is 11.1. The number of pyridine rings is 1. The summed E-state index contributed by atoms with van der Waals surface area (Å²) in [6.45, 7) is 2.88. The lowest BCUT2D eigenvalue weighted by Gasteiger charge is -2.20. The Labute approximate surface area is 88.6 Å². The van der Waals surface area contributed by atoms with Crippen LogP contribution in [-0.2, 0) is 0 Å². The van der Waals surface area contributed by atoms with E-state index in [0.29, 0.717) is 18.9 Å². The third-order valence-corrected chi connectivity index (χ3v) is 1.98. The zero-order valence-electron chi connectivity index (χ0n) is 8.47. The Morgan fingerprint density at radius 2 is 2.47 bits per heavy atom. The van der Waals surface area contributed by atoms with Crippen LogP contribution in [0.15, 0.2) is 18.3 Å². The van der Waals surface area contributed by atoms with Gasteiger partial charge in [-0.3, -0.25) is 0 Å². The molecule has 1 N–H and O–H groups in total. The SMILES string of the molecule is C#CCN(CC)c1ncccc1C(=O)O. The average Bonchev–Trinajstić information content (AvgIpc) is 2.26. The van der Waals surface area contributed by atoms with E-state index in [1.807, 2.05) is 6.92 Å². The summed E-state index contributed by atoms with van der Waals surface area (Å²) >= 11 is 0. The Morgan fingerprint density at radius 1 is 1.73 bits per heavy atom. The molecule has 1 rings (SSSR count). The number of rotatable bonds is 4. The molecule has 0 aromatic carbocycles. The monoisotopic (exact) mass is 204 g/mol. The second-order valence-corrected chi connectivity index (χ2v) is 2.90. The van der Waals surface area contributed by atoms with Gasteiger partial charge in [0.15, 0.2) is 0 Å². The molecule has 1 aromatic heterocycles. The fraction of sp³-hybridized carbons (Fsp3) is 0.273. The van der Waals surface area contributed by atoms with Crippen LogP contribution < -0.4 is 4.90 Å². The molecule has 0 aliphatic heterocycles. The van der Waals surface area contributed by atoms with Crippen molar-refractivity contribution < 1.29 is 9.90 Å². The molecule has 0 fully saturated rings. The van der Waals surface area contributed by atoms with Crippen molar-refractivity contribution in [1.29, 1.82) is 0 Å². The summed E-state index contributed by atoms with van der Waals surface area (Å²) in [5.74, 6) is 1.91. The second kappa shape index (κ2) is 5.01. The van der Waals surface area contributed by atoms with Gasteiger partial charge in [-0.2, -0.15) is 0 Å². The van der Waals surface area contributed by atoms with E-state index in [0.717, 1.165) is 0 Å². The van der Waals surface area contributed by atoms with Crippen LogP contribution in [0.5, 0.6) is 0 Å². The van der Waals surface area contributed by atoms with Crippen LogP contribution >= 0.6 is 0 Å². The highest BCUT2D eigenvalue weighted by molar-refractivity contribution is 5.93. The summed E-state index contributed by atoms with van der Waals surface area (Å²) < 4.78 is 0. The number of aromatic nitrogens is 1. The molecule has 0 aliphatic rings. The molecule has 4 heteroatoms. The molecule has 0 saturated carbocycles. The Balaban J connectivity index is 3.11. The Morgan fingerprint density at radius 3 is 3.00 bits per heavy atom. The third kappa shape index (κ3) is 2.47. The Bertz CT molecular complexity index is 396. The molecule has 1 heterocycles. The van der Waals surface area contributed by atoms with Gasteiger partial charge in [-0.1, -0.05) is 5.92 Å². The van der Waals surface area contributed by atoms with E-state index in [1.165, 1.54) is 6.07 Å². The van der Waals surface area contributed by atoms with E-state index in [9.17, 15) is 4.79 Å². The highest BCUT2D eigenvalue weighted by Gasteiger charge is 2.14. The lowest BCUT2D eigenvalue weighted by molar-refractivity contribution is 0.0697. The smallest absolute Gasteiger partial charge is 0.339 e. The van der Waals surface area contributed by atoms with Crippen LogP contribution in [0.4, 0.5) is 5.82 Å². The van der Waals surface area contributed by atoms with Gasteiger partial charge in [0.1, 0.15) is 11.4 Å². The summed E-state index contributed by atoms with van der Waals surface area (Å²) in [7, 11) is 0. The summed E-state index contributed by atoms with van der Waals surface area (Å²) in [6, 6.07) is 3.11. The predicted octanol–water partition coefficient (Wildman–Crippen LogP) is 1.24. The summed E-state index contributed by atoms with van der Waals surface area (Å²) in [4.78, 5) is 16.7. The van der Waals surface area contributed by atoms with Crippen molar-refractivity contribution in [3.8, 4) is 12.3 Å². The number of hydrogen-bond donors (Lipinski definition) is 1. The fourth-order valence-electron chi connectivity index (χ4n) is 1.26. The molecule has 15 heavy (non-hydrogen) atoms. The van der Waals surface area contributed by atoms with Gasteiger partial charge in [-0.15, -0.1) is 6.42 Å². The van der Waals surface area contributed by atoms with Gasteiger partial charge < -0.3 is 10.0 Å². The number of hydrogen-bond acceptors (Lipinski definition) is 3. The van der Waals surface area contributed by atoms with Crippen molar-refractivity contribution in [1.82, 2.24) is 4.98 Å². The van der Waals surface area contributed by atoms with Gasteiger partial charge in [0.05, 0.1) is 6.54 Å². The van der Waals surface area contributed by atoms with E-state index in [-0.39, 0.29) is 5.56 Å². The fourth-order valence-corrected chi connectivity index (χ4v) is 1.26. The number of terminal acetylenes is 1. The summed E-state index contributed by atoms with van der Waals surface area (Å²) in [5, 5.41) is 8.96. The average molecular weight is 204 g/mol. The van der Waals surface area contributed by atoms with Crippen LogP contribution in [0, 0.1) is 12.3 Å². The van der Waals surface area contributed by atoms with Crippen molar-refractivity contribution in [2.45, 2.75) is 6.92 Å². The zero-order valence-corrected chi connectivity index (χ0v) is 8.47. The lowest BCUT2D eigenvalue weighted by atomic mass is 10.2. The van der Waals surface area contributed by atoms with E-state index < -0.39 is 5.97 Å². The first-order chi connectivity index (χ1) is 7.20. The normalized spacial score (nSPS) is 9.33. The van der Waals surface area contributed by atoms with E-state index in [1.54, 1.807) is 17.2 Å². The van der Waals surface area contributed by atoms with Crippen LogP contribution in [0.2, 0.25) is 0 Å². The van der Waals surface area contributed by atoms with Gasteiger partial charge in [0, 0.05) is 12.7 Å². The number of carboxylic acids is 1. The van der Waals surface area contributed by atoms with Crippen LogP contribution in [0.1, 0.15) is 17.3 Å². The maximum absolute atomic E-state index is 10.9. The molecule has 0 aliphatic carbocycles. The number of carbonyl (C=O) groups is 1. The van der Waals surface area contributed by atoms with E-state index >= 15 is 0 Å². The lowest BCUT2D eigenvalue weighted by Crippen LogP contribution is -2.26. The van der Waals surface area contributed by atoms with Gasteiger partial charge in [-0.05, 0) is 19.1 Å². The maximum Gasteiger partial charge on any atom is 0.339 e. The number of anilines is 1. The van der Waals surface area contributed by atoms with Crippen molar-refractivity contribution >= 4 is 11.8 Å². The van der Waals surface area contributed by atoms with Gasteiger partial charge >= 0.3 is 5.97 Å².